The molecule has 0 aliphatic heterocycles. The zero-order valence-electron chi connectivity index (χ0n) is 11.9. The molecule has 0 spiro atoms. The van der Waals surface area contributed by atoms with Gasteiger partial charge in [-0.25, -0.2) is 0 Å². The fourth-order valence-electron chi connectivity index (χ4n) is 2.32. The minimum absolute atomic E-state index is 0.0464. The molecule has 118 valence electrons. The molecule has 0 amide bonds. The summed E-state index contributed by atoms with van der Waals surface area (Å²) in [5, 5.41) is 4.21. The van der Waals surface area contributed by atoms with E-state index in [0.29, 0.717) is 10.6 Å². The van der Waals surface area contributed by atoms with Gasteiger partial charge in [0.15, 0.2) is 5.69 Å². The van der Waals surface area contributed by atoms with Crippen molar-refractivity contribution in [2.45, 2.75) is 12.7 Å². The number of nitrogens with zero attached hydrogens (tertiary/aromatic N) is 2. The van der Waals surface area contributed by atoms with E-state index in [1.165, 1.54) is 10.9 Å². The first-order chi connectivity index (χ1) is 10.9. The first-order valence-corrected chi connectivity index (χ1v) is 7.26. The molecule has 0 aliphatic carbocycles. The monoisotopic (exact) mass is 336 g/mol. The van der Waals surface area contributed by atoms with E-state index < -0.39 is 11.9 Å². The van der Waals surface area contributed by atoms with Crippen molar-refractivity contribution >= 4 is 11.6 Å². The first kappa shape index (κ1) is 15.6. The lowest BCUT2D eigenvalue weighted by atomic mass is 10.1. The van der Waals surface area contributed by atoms with Crippen LogP contribution in [0.5, 0.6) is 0 Å². The van der Waals surface area contributed by atoms with Crippen LogP contribution in [0.25, 0.3) is 11.1 Å². The maximum absolute atomic E-state index is 13.3. The minimum Gasteiger partial charge on any atom is -0.267 e. The van der Waals surface area contributed by atoms with Gasteiger partial charge in [0.2, 0.25) is 0 Å². The van der Waals surface area contributed by atoms with Gasteiger partial charge in [0.1, 0.15) is 0 Å². The summed E-state index contributed by atoms with van der Waals surface area (Å²) >= 11 is 5.80. The van der Waals surface area contributed by atoms with Gasteiger partial charge in [0, 0.05) is 16.8 Å². The number of hydrogen-bond donors (Lipinski definition) is 0. The molecule has 0 saturated heterocycles. The number of rotatable bonds is 3. The van der Waals surface area contributed by atoms with E-state index in [1.54, 1.807) is 24.3 Å². The summed E-state index contributed by atoms with van der Waals surface area (Å²) in [5.74, 6) is 0. The summed E-state index contributed by atoms with van der Waals surface area (Å²) in [7, 11) is 0. The van der Waals surface area contributed by atoms with Crippen molar-refractivity contribution in [3.63, 3.8) is 0 Å². The third-order valence-electron chi connectivity index (χ3n) is 3.37. The number of hydrogen-bond acceptors (Lipinski definition) is 1. The van der Waals surface area contributed by atoms with E-state index >= 15 is 0 Å². The van der Waals surface area contributed by atoms with Gasteiger partial charge in [-0.3, -0.25) is 4.68 Å². The first-order valence-electron chi connectivity index (χ1n) is 6.88. The highest BCUT2D eigenvalue weighted by Crippen LogP contribution is 2.36. The van der Waals surface area contributed by atoms with E-state index in [2.05, 4.69) is 5.10 Å². The molecule has 23 heavy (non-hydrogen) atoms. The van der Waals surface area contributed by atoms with Crippen LogP contribution >= 0.6 is 11.6 Å². The lowest BCUT2D eigenvalue weighted by Crippen LogP contribution is -2.09. The van der Waals surface area contributed by atoms with Crippen LogP contribution in [-0.4, -0.2) is 9.78 Å². The van der Waals surface area contributed by atoms with Crippen molar-refractivity contribution in [3.8, 4) is 11.1 Å². The molecule has 0 radical (unpaired) electrons. The molecule has 2 aromatic carbocycles. The second-order valence-corrected chi connectivity index (χ2v) is 5.52. The van der Waals surface area contributed by atoms with Crippen molar-refractivity contribution < 1.29 is 13.2 Å². The van der Waals surface area contributed by atoms with Crippen molar-refractivity contribution in [2.75, 3.05) is 0 Å². The van der Waals surface area contributed by atoms with E-state index in [9.17, 15) is 13.2 Å². The molecule has 0 aliphatic rings. The molecule has 6 heteroatoms. The van der Waals surface area contributed by atoms with Gasteiger partial charge in [0.25, 0.3) is 0 Å². The molecule has 2 nitrogen and oxygen atoms in total. The zero-order chi connectivity index (χ0) is 16.4. The van der Waals surface area contributed by atoms with Crippen LogP contribution < -0.4 is 0 Å². The van der Waals surface area contributed by atoms with Crippen molar-refractivity contribution in [1.82, 2.24) is 9.78 Å². The Morgan fingerprint density at radius 1 is 0.957 bits per heavy atom. The topological polar surface area (TPSA) is 17.8 Å². The molecule has 0 bridgehead atoms. The predicted molar refractivity (Wildman–Crippen MR) is 83.2 cm³/mol. The molecule has 1 aromatic heterocycles. The van der Waals surface area contributed by atoms with Crippen LogP contribution in [0.4, 0.5) is 13.2 Å². The van der Waals surface area contributed by atoms with Crippen molar-refractivity contribution in [3.05, 3.63) is 77.1 Å². The molecule has 0 fully saturated rings. The molecule has 3 aromatic rings. The van der Waals surface area contributed by atoms with E-state index in [1.807, 2.05) is 30.3 Å². The molecular weight excluding hydrogens is 325 g/mol. The maximum Gasteiger partial charge on any atom is 0.435 e. The molecule has 0 N–H and O–H groups in total. The predicted octanol–water partition coefficient (Wildman–Crippen LogP) is 5.27. The van der Waals surface area contributed by atoms with Crippen LogP contribution in [0.15, 0.2) is 60.8 Å². The Bertz CT molecular complexity index is 793. The van der Waals surface area contributed by atoms with Crippen molar-refractivity contribution in [1.29, 1.82) is 0 Å². The smallest absolute Gasteiger partial charge is 0.267 e. The van der Waals surface area contributed by atoms with Gasteiger partial charge < -0.3 is 0 Å². The molecule has 1 heterocycles. The quantitative estimate of drug-likeness (QED) is 0.637. The SMILES string of the molecule is FC(F)(F)c1nn(Cc2ccccc2)cc1-c1ccc(Cl)cc1. The Kier molecular flexibility index (Phi) is 4.13. The number of benzene rings is 2. The summed E-state index contributed by atoms with van der Waals surface area (Å²) in [6.45, 7) is 0.275. The third-order valence-corrected chi connectivity index (χ3v) is 3.62. The molecule has 0 atom stereocenters. The van der Waals surface area contributed by atoms with E-state index in [0.717, 1.165) is 5.56 Å². The largest absolute Gasteiger partial charge is 0.435 e. The van der Waals surface area contributed by atoms with Gasteiger partial charge in [-0.15, -0.1) is 0 Å². The summed E-state index contributed by atoms with van der Waals surface area (Å²) in [4.78, 5) is 0. The fourth-order valence-corrected chi connectivity index (χ4v) is 2.45. The lowest BCUT2D eigenvalue weighted by Gasteiger charge is -2.06. The Morgan fingerprint density at radius 3 is 2.22 bits per heavy atom. The zero-order valence-corrected chi connectivity index (χ0v) is 12.6. The average Bonchev–Trinajstić information content (AvgIpc) is 2.93. The fraction of sp³-hybridized carbons (Fsp3) is 0.118. The summed E-state index contributed by atoms with van der Waals surface area (Å²) in [6.07, 6.45) is -3.10. The standard InChI is InChI=1S/C17H12ClF3N2/c18-14-8-6-13(7-9-14)15-11-23(22-16(15)17(19,20)21)10-12-4-2-1-3-5-12/h1-9,11H,10H2. The molecule has 3 rings (SSSR count). The Balaban J connectivity index is 2.02. The van der Waals surface area contributed by atoms with Gasteiger partial charge in [-0.1, -0.05) is 54.1 Å². The van der Waals surface area contributed by atoms with Crippen LogP contribution in [0.3, 0.4) is 0 Å². The van der Waals surface area contributed by atoms with Gasteiger partial charge in [0.05, 0.1) is 6.54 Å². The van der Waals surface area contributed by atoms with Crippen LogP contribution in [0.1, 0.15) is 11.3 Å². The highest BCUT2D eigenvalue weighted by molar-refractivity contribution is 6.30. The summed E-state index contributed by atoms with van der Waals surface area (Å²) in [6, 6.07) is 15.5. The second-order valence-electron chi connectivity index (χ2n) is 5.08. The Morgan fingerprint density at radius 2 is 1.61 bits per heavy atom. The molecule has 0 saturated carbocycles. The Labute approximate surface area is 136 Å². The van der Waals surface area contributed by atoms with Gasteiger partial charge >= 0.3 is 6.18 Å². The van der Waals surface area contributed by atoms with Crippen LogP contribution in [-0.2, 0) is 12.7 Å². The second kappa shape index (κ2) is 6.08. The van der Waals surface area contributed by atoms with Gasteiger partial charge in [-0.05, 0) is 23.3 Å². The van der Waals surface area contributed by atoms with E-state index in [4.69, 9.17) is 11.6 Å². The average molecular weight is 337 g/mol. The minimum atomic E-state index is -4.52. The third kappa shape index (κ3) is 3.56. The number of halogens is 4. The highest BCUT2D eigenvalue weighted by atomic mass is 35.5. The van der Waals surface area contributed by atoms with Crippen LogP contribution in [0.2, 0.25) is 5.02 Å². The number of aromatic nitrogens is 2. The highest BCUT2D eigenvalue weighted by Gasteiger charge is 2.37. The van der Waals surface area contributed by atoms with E-state index in [-0.39, 0.29) is 12.1 Å². The molecule has 0 unspecified atom stereocenters. The van der Waals surface area contributed by atoms with Crippen molar-refractivity contribution in [2.24, 2.45) is 0 Å². The number of alkyl halides is 3. The summed E-state index contributed by atoms with van der Waals surface area (Å²) in [5.41, 5.74) is 0.466. The lowest BCUT2D eigenvalue weighted by molar-refractivity contribution is -0.141. The molecular formula is C17H12ClF3N2. The summed E-state index contributed by atoms with van der Waals surface area (Å²) < 4.78 is 41.1. The van der Waals surface area contributed by atoms with Gasteiger partial charge in [-0.2, -0.15) is 18.3 Å². The van der Waals surface area contributed by atoms with Crippen LogP contribution in [0, 0.1) is 0 Å². The Hall–Kier alpha value is -2.27. The normalized spacial score (nSPS) is 11.7. The maximum atomic E-state index is 13.3.